The number of aliphatic imine (C=N–C) groups is 1. The van der Waals surface area contributed by atoms with Crippen LogP contribution < -0.4 is 124 Å². The highest BCUT2D eigenvalue weighted by Crippen LogP contribution is 2.21. The van der Waals surface area contributed by atoms with E-state index in [-0.39, 0.29) is 100 Å². The highest BCUT2D eigenvalue weighted by Gasteiger charge is 2.43. The lowest BCUT2D eigenvalue weighted by atomic mass is 9.96. The number of carbonyl (C=O) groups excluding carboxylic acids is 20. The van der Waals surface area contributed by atoms with Crippen molar-refractivity contribution in [3.63, 3.8) is 0 Å². The fraction of sp³-hybridized carbons (Fsp3) is 0.733. The Bertz CT molecular complexity index is 4220. The number of carbonyl (C=O) groups is 22. The lowest BCUT2D eigenvalue weighted by Crippen LogP contribution is -2.61. The molecule has 788 valence electrons. The molecule has 0 radical (unpaired) electrons. The second-order valence-electron chi connectivity index (χ2n) is 36.0. The van der Waals surface area contributed by atoms with Gasteiger partial charge in [0, 0.05) is 31.0 Å². The number of nitrogens with zero attached hydrogens (tertiary/aromatic N) is 2. The summed E-state index contributed by atoms with van der Waals surface area (Å²) in [6.45, 7) is 22.3. The zero-order chi connectivity index (χ0) is 106. The number of thiol groups is 2. The number of amides is 20. The zero-order valence-electron chi connectivity index (χ0n) is 81.9. The van der Waals surface area contributed by atoms with Gasteiger partial charge >= 0.3 is 11.9 Å². The van der Waals surface area contributed by atoms with Crippen molar-refractivity contribution in [1.29, 1.82) is 0 Å². The van der Waals surface area contributed by atoms with E-state index in [2.05, 4.69) is 126 Å². The first-order valence-corrected chi connectivity index (χ1v) is 47.7. The quantitative estimate of drug-likeness (QED) is 0.0116. The van der Waals surface area contributed by atoms with Crippen LogP contribution in [0.1, 0.15) is 201 Å². The van der Waals surface area contributed by atoms with E-state index in [4.69, 9.17) is 28.7 Å². The number of rotatable bonds is 65. The zero-order valence-corrected chi connectivity index (χ0v) is 83.7. The van der Waals surface area contributed by atoms with Crippen LogP contribution in [-0.4, -0.2) is 327 Å². The Labute approximate surface area is 819 Å². The molecule has 1 saturated heterocycles. The standard InChI is InChI=1S/C86H151N25O26S2/c1-17-43(11)63(89)78(129)97-45(13)69(120)102-54(33-62(118)119)73(124)103-53(32-40(5)6)74(125)106-65(42(9)10)82(133)107-64(41(7)8)79(130)93-36-61(117)99-52(31-39(3)4)72(123)104-56(38-139)76(127)110-68(48(16)113)81(132)95-35-60(116)98-50(26-27-58(88)114)71(122)108-66(44(12)18-2)83(134)100-49(23-19-20-28-87)70(121)109-67(47(15)112)80(131)94-34-59(115)96-46(14)84(135)111-30-22-25-57(111)77(128)105-55(37-138)75(126)101-51(85(136)137)24-21-29-92-86(90)91/h39-57,63-68,112-113,138-139H,17-38,87,89H2,1-16H3,(H2,88,114)(H,93,130)(H,94,131)(H,95,132)(H,96,115)(H,97,129)(H,98,116)(H,99,117)(H,100,134)(H,101,126)(H,102,120)(H,103,124)(H,104,123)(H,105,128)(H,106,125)(H,107,133)(H,108,122)(H,109,121)(H,110,127)(H,118,119)(H,136,137)(H4,90,91,92)/t43-,44-,45-,46-,47+,48+,49-,50-,51-,52-,53-,54-,55-,56-,57-,63-,64-,65-,66-,67-,68-/m0/s1. The van der Waals surface area contributed by atoms with Gasteiger partial charge < -0.3 is 150 Å². The molecule has 1 aliphatic heterocycles. The summed E-state index contributed by atoms with van der Waals surface area (Å²) in [6.07, 6.45) is -3.75. The number of nitrogens with one attached hydrogen (secondary N) is 18. The van der Waals surface area contributed by atoms with Crippen LogP contribution in [0, 0.1) is 35.5 Å². The molecule has 1 aliphatic rings. The van der Waals surface area contributed by atoms with Crippen molar-refractivity contribution in [3.05, 3.63) is 0 Å². The van der Waals surface area contributed by atoms with Gasteiger partial charge in [0.2, 0.25) is 118 Å². The van der Waals surface area contributed by atoms with Crippen LogP contribution in [0.4, 0.5) is 0 Å². The van der Waals surface area contributed by atoms with Crippen molar-refractivity contribution in [2.75, 3.05) is 50.8 Å². The predicted molar refractivity (Wildman–Crippen MR) is 512 cm³/mol. The Balaban J connectivity index is 3.26. The molecule has 0 unspecified atom stereocenters. The average molecular weight is 2020 g/mol. The molecule has 20 amide bonds. The maximum absolute atomic E-state index is 14.4. The van der Waals surface area contributed by atoms with Gasteiger partial charge in [0.1, 0.15) is 96.7 Å². The summed E-state index contributed by atoms with van der Waals surface area (Å²) in [6, 6.07) is -24.7. The van der Waals surface area contributed by atoms with E-state index in [9.17, 15) is 126 Å². The largest absolute Gasteiger partial charge is 0.481 e. The third-order valence-corrected chi connectivity index (χ3v) is 23.1. The molecule has 0 spiro atoms. The molecule has 21 atom stereocenters. The number of guanidine groups is 1. The minimum Gasteiger partial charge on any atom is -0.481 e. The summed E-state index contributed by atoms with van der Waals surface area (Å²) in [5.41, 5.74) is 27.8. The van der Waals surface area contributed by atoms with E-state index in [0.717, 1.165) is 13.8 Å². The monoisotopic (exact) mass is 2010 g/mol. The van der Waals surface area contributed by atoms with Crippen LogP contribution in [0.25, 0.3) is 0 Å². The Kier molecular flexibility index (Phi) is 57.3. The minimum absolute atomic E-state index is 0.0515. The van der Waals surface area contributed by atoms with Crippen LogP contribution in [0.2, 0.25) is 0 Å². The summed E-state index contributed by atoms with van der Waals surface area (Å²) in [5.74, 6) is -25.9. The molecule has 32 N–H and O–H groups in total. The molecular weight excluding hydrogens is 1860 g/mol. The first-order valence-electron chi connectivity index (χ1n) is 46.4. The number of unbranched alkanes of at least 4 members (excludes halogenated alkanes) is 1. The fourth-order valence-electron chi connectivity index (χ4n) is 13.9. The number of carboxylic acids is 2. The van der Waals surface area contributed by atoms with Crippen molar-refractivity contribution in [3.8, 4) is 0 Å². The molecule has 0 aromatic heterocycles. The van der Waals surface area contributed by atoms with Gasteiger partial charge in [-0.2, -0.15) is 25.3 Å². The smallest absolute Gasteiger partial charge is 0.326 e. The number of hydrogen-bond acceptors (Lipinski definition) is 29. The summed E-state index contributed by atoms with van der Waals surface area (Å²) in [5, 5.41) is 84.7. The van der Waals surface area contributed by atoms with Crippen molar-refractivity contribution in [2.24, 2.45) is 69.2 Å². The van der Waals surface area contributed by atoms with Crippen molar-refractivity contribution in [2.45, 2.75) is 316 Å². The van der Waals surface area contributed by atoms with Gasteiger partial charge in [-0.3, -0.25) is 106 Å². The molecule has 1 fully saturated rings. The molecule has 0 aliphatic carbocycles. The summed E-state index contributed by atoms with van der Waals surface area (Å²) >= 11 is 8.36. The highest BCUT2D eigenvalue weighted by molar-refractivity contribution is 7.80. The van der Waals surface area contributed by atoms with E-state index in [1.54, 1.807) is 76.2 Å². The predicted octanol–water partition coefficient (Wildman–Crippen LogP) is -8.91. The second-order valence-corrected chi connectivity index (χ2v) is 36.7. The molecule has 1 rings (SSSR count). The SMILES string of the molecule is CC[C@H](C)[C@H](N)C(=O)N[C@@H](C)C(=O)N[C@@H](CC(=O)O)C(=O)N[C@@H](CC(C)C)C(=O)N[C@H](C(=O)N[C@H](C(=O)NCC(=O)N[C@@H](CC(C)C)C(=O)N[C@@H](CS)C(=O)N[C@H](C(=O)NCC(=O)N[C@@H](CCC(N)=O)C(=O)N[C@H](C(=O)N[C@@H](CCCCN)C(=O)N[C@H](C(=O)NCC(=O)N[C@@H](C)C(=O)N1CCC[C@H]1C(=O)N[C@@H](CS)C(=O)N[C@@H](CCCN=C(N)N)C(=O)O)[C@@H](C)O)[C@@H](C)CC)[C@@H](C)O)C(C)C)C(C)C. The summed E-state index contributed by atoms with van der Waals surface area (Å²) < 4.78 is 0. The van der Waals surface area contributed by atoms with E-state index >= 15 is 0 Å². The lowest BCUT2D eigenvalue weighted by Gasteiger charge is -2.29. The number of likely N-dealkylation sites (tertiary alicyclic amines) is 1. The highest BCUT2D eigenvalue weighted by atomic mass is 32.1. The number of aliphatic carboxylic acids is 2. The number of primary amides is 1. The molecule has 1 heterocycles. The Hall–Kier alpha value is -11.8. The van der Waals surface area contributed by atoms with Crippen molar-refractivity contribution < 1.29 is 126 Å². The van der Waals surface area contributed by atoms with Crippen LogP contribution in [0.15, 0.2) is 4.99 Å². The Morgan fingerprint density at radius 3 is 1.26 bits per heavy atom. The minimum atomic E-state index is -1.87. The van der Waals surface area contributed by atoms with Crippen LogP contribution in [0.5, 0.6) is 0 Å². The molecule has 0 aromatic rings. The first kappa shape index (κ1) is 125. The molecule has 53 heteroatoms. The third kappa shape index (κ3) is 45.8. The van der Waals surface area contributed by atoms with Crippen LogP contribution in [0.3, 0.4) is 0 Å². The number of carboxylic acid groups (broad SMARTS) is 2. The lowest BCUT2D eigenvalue weighted by molar-refractivity contribution is -0.143. The topological polar surface area (TPSA) is 819 Å². The van der Waals surface area contributed by atoms with Gasteiger partial charge in [-0.25, -0.2) is 4.79 Å². The molecule has 51 nitrogen and oxygen atoms in total. The van der Waals surface area contributed by atoms with E-state index in [0.29, 0.717) is 19.3 Å². The van der Waals surface area contributed by atoms with Crippen molar-refractivity contribution >= 4 is 161 Å². The van der Waals surface area contributed by atoms with Crippen molar-refractivity contribution in [1.82, 2.24) is 101 Å². The molecule has 0 aromatic carbocycles. The second kappa shape index (κ2) is 63.7. The molecule has 139 heavy (non-hydrogen) atoms. The normalized spacial score (nSPS) is 16.7. The fourth-order valence-corrected chi connectivity index (χ4v) is 14.4. The van der Waals surface area contributed by atoms with E-state index in [1.165, 1.54) is 18.7 Å². The summed E-state index contributed by atoms with van der Waals surface area (Å²) in [4.78, 5) is 302. The van der Waals surface area contributed by atoms with Gasteiger partial charge in [0.15, 0.2) is 5.96 Å². The Morgan fingerprint density at radius 2 is 0.791 bits per heavy atom. The molecular formula is C86H151N25O26S2. The number of hydrogen-bond donors (Lipinski definition) is 29. The van der Waals surface area contributed by atoms with Gasteiger partial charge in [-0.05, 0) is 134 Å². The first-order chi connectivity index (χ1) is 64.9. The average Bonchev–Trinajstić information content (AvgIpc) is 1.72. The number of aliphatic hydroxyl groups is 2. The molecule has 0 saturated carbocycles. The van der Waals surface area contributed by atoms with E-state index < -0.39 is 307 Å². The maximum Gasteiger partial charge on any atom is 0.326 e. The van der Waals surface area contributed by atoms with Crippen LogP contribution >= 0.6 is 25.3 Å². The van der Waals surface area contributed by atoms with E-state index in [1.807, 2.05) is 6.92 Å². The Morgan fingerprint density at radius 1 is 0.403 bits per heavy atom. The third-order valence-electron chi connectivity index (χ3n) is 22.4. The van der Waals surface area contributed by atoms with Crippen LogP contribution in [-0.2, 0) is 105 Å². The molecule has 0 bridgehead atoms. The summed E-state index contributed by atoms with van der Waals surface area (Å²) in [7, 11) is 0. The maximum atomic E-state index is 14.4. The number of aliphatic hydroxyl groups excluding tert-OH is 2. The van der Waals surface area contributed by atoms with Gasteiger partial charge in [-0.15, -0.1) is 0 Å². The van der Waals surface area contributed by atoms with Gasteiger partial charge in [-0.1, -0.05) is 95.9 Å². The van der Waals surface area contributed by atoms with Gasteiger partial charge in [0.05, 0.1) is 44.3 Å². The number of nitrogens with two attached hydrogens (primary N) is 5. The van der Waals surface area contributed by atoms with Gasteiger partial charge in [0.25, 0.3) is 0 Å².